The highest BCUT2D eigenvalue weighted by atomic mass is 16.2. The molecule has 5 nitrogen and oxygen atoms in total. The molecule has 5 heteroatoms. The number of hydrogen-bond donors (Lipinski definition) is 1. The van der Waals surface area contributed by atoms with E-state index < -0.39 is 6.03 Å². The summed E-state index contributed by atoms with van der Waals surface area (Å²) in [7, 11) is 3.27. The predicted octanol–water partition coefficient (Wildman–Crippen LogP) is -0.525. The lowest BCUT2D eigenvalue weighted by Gasteiger charge is -2.19. The third kappa shape index (κ3) is 3.80. The van der Waals surface area contributed by atoms with Crippen molar-refractivity contribution < 1.29 is 9.59 Å². The van der Waals surface area contributed by atoms with E-state index in [0.717, 1.165) is 0 Å². The number of primary amides is 1. The summed E-state index contributed by atoms with van der Waals surface area (Å²) in [4.78, 5) is 24.1. The summed E-state index contributed by atoms with van der Waals surface area (Å²) in [6.07, 6.45) is 0. The summed E-state index contributed by atoms with van der Waals surface area (Å²) in [5.74, 6) is -0.0205. The van der Waals surface area contributed by atoms with Gasteiger partial charge in [0.05, 0.1) is 0 Å². The van der Waals surface area contributed by atoms with Crippen molar-refractivity contribution in [1.82, 2.24) is 9.80 Å². The minimum absolute atomic E-state index is 0.0205. The molecule has 2 N–H and O–H groups in total. The van der Waals surface area contributed by atoms with E-state index in [-0.39, 0.29) is 5.91 Å². The first-order valence-electron chi connectivity index (χ1n) is 3.67. The standard InChI is InChI=1S/C7H15N3O2/c1-6(11)9(2)4-5-10(3)7(8)12/h4-5H2,1-3H3,(H2,8,12). The molecule has 0 rings (SSSR count). The first-order valence-corrected chi connectivity index (χ1v) is 3.67. The van der Waals surface area contributed by atoms with Crippen molar-refractivity contribution in [2.75, 3.05) is 27.2 Å². The summed E-state index contributed by atoms with van der Waals surface area (Å²) in [5.41, 5.74) is 4.98. The highest BCUT2D eigenvalue weighted by Crippen LogP contribution is 1.86. The van der Waals surface area contributed by atoms with E-state index in [2.05, 4.69) is 0 Å². The summed E-state index contributed by atoms with van der Waals surface area (Å²) in [6, 6.07) is -0.480. The fourth-order valence-corrected chi connectivity index (χ4v) is 0.568. The van der Waals surface area contributed by atoms with Crippen molar-refractivity contribution >= 4 is 11.9 Å². The highest BCUT2D eigenvalue weighted by Gasteiger charge is 2.05. The molecule has 0 spiro atoms. The smallest absolute Gasteiger partial charge is 0.314 e. The van der Waals surface area contributed by atoms with Gasteiger partial charge >= 0.3 is 6.03 Å². The molecule has 0 aliphatic heterocycles. The zero-order chi connectivity index (χ0) is 9.72. The minimum Gasteiger partial charge on any atom is -0.351 e. The average molecular weight is 173 g/mol. The molecule has 0 atom stereocenters. The van der Waals surface area contributed by atoms with Gasteiger partial charge in [-0.3, -0.25) is 4.79 Å². The Balaban J connectivity index is 3.68. The van der Waals surface area contributed by atoms with Crippen LogP contribution in [-0.4, -0.2) is 48.9 Å². The van der Waals surface area contributed by atoms with Crippen LogP contribution in [-0.2, 0) is 4.79 Å². The van der Waals surface area contributed by atoms with E-state index in [9.17, 15) is 9.59 Å². The maximum absolute atomic E-state index is 10.7. The molecule has 0 aliphatic rings. The minimum atomic E-state index is -0.480. The molecule has 0 aliphatic carbocycles. The number of rotatable bonds is 3. The van der Waals surface area contributed by atoms with Gasteiger partial charge in [0.2, 0.25) is 5.91 Å². The monoisotopic (exact) mass is 173 g/mol. The van der Waals surface area contributed by atoms with Crippen LogP contribution in [0, 0.1) is 0 Å². The highest BCUT2D eigenvalue weighted by molar-refractivity contribution is 5.73. The Morgan fingerprint density at radius 2 is 1.58 bits per heavy atom. The maximum atomic E-state index is 10.7. The molecule has 0 unspecified atom stereocenters. The van der Waals surface area contributed by atoms with Crippen LogP contribution in [0.1, 0.15) is 6.92 Å². The van der Waals surface area contributed by atoms with Crippen LogP contribution in [0.3, 0.4) is 0 Å². The van der Waals surface area contributed by atoms with Crippen LogP contribution in [0.2, 0.25) is 0 Å². The average Bonchev–Trinajstić information content (AvgIpc) is 1.98. The van der Waals surface area contributed by atoms with Gasteiger partial charge in [0.1, 0.15) is 0 Å². The lowest BCUT2D eigenvalue weighted by molar-refractivity contribution is -0.127. The quantitative estimate of drug-likeness (QED) is 0.623. The number of carbonyl (C=O) groups excluding carboxylic acids is 2. The molecule has 12 heavy (non-hydrogen) atoms. The predicted molar refractivity (Wildman–Crippen MR) is 45.5 cm³/mol. The second kappa shape index (κ2) is 4.58. The van der Waals surface area contributed by atoms with Crippen molar-refractivity contribution in [2.45, 2.75) is 6.92 Å². The van der Waals surface area contributed by atoms with Gasteiger partial charge in [-0.15, -0.1) is 0 Å². The van der Waals surface area contributed by atoms with Crippen LogP contribution in [0.25, 0.3) is 0 Å². The number of urea groups is 1. The molecular weight excluding hydrogens is 158 g/mol. The van der Waals surface area contributed by atoms with Crippen molar-refractivity contribution in [2.24, 2.45) is 5.73 Å². The van der Waals surface area contributed by atoms with Crippen LogP contribution in [0.4, 0.5) is 4.79 Å². The van der Waals surface area contributed by atoms with E-state index >= 15 is 0 Å². The molecule has 0 aromatic heterocycles. The maximum Gasteiger partial charge on any atom is 0.314 e. The zero-order valence-corrected chi connectivity index (χ0v) is 7.70. The fraction of sp³-hybridized carbons (Fsp3) is 0.714. The largest absolute Gasteiger partial charge is 0.351 e. The van der Waals surface area contributed by atoms with Gasteiger partial charge in [0.25, 0.3) is 0 Å². The van der Waals surface area contributed by atoms with Crippen molar-refractivity contribution in [3.8, 4) is 0 Å². The molecule has 0 aromatic rings. The van der Waals surface area contributed by atoms with E-state index in [1.807, 2.05) is 0 Å². The van der Waals surface area contributed by atoms with Gasteiger partial charge < -0.3 is 15.5 Å². The summed E-state index contributed by atoms with van der Waals surface area (Å²) in [6.45, 7) is 2.45. The summed E-state index contributed by atoms with van der Waals surface area (Å²) >= 11 is 0. The number of hydrogen-bond acceptors (Lipinski definition) is 2. The van der Waals surface area contributed by atoms with Crippen LogP contribution in [0.5, 0.6) is 0 Å². The molecule has 3 amide bonds. The van der Waals surface area contributed by atoms with Crippen LogP contribution >= 0.6 is 0 Å². The number of carbonyl (C=O) groups is 2. The second-order valence-corrected chi connectivity index (χ2v) is 2.70. The van der Waals surface area contributed by atoms with Gasteiger partial charge in [0.15, 0.2) is 0 Å². The Hall–Kier alpha value is -1.26. The Morgan fingerprint density at radius 3 is 1.92 bits per heavy atom. The second-order valence-electron chi connectivity index (χ2n) is 2.70. The Labute approximate surface area is 72.1 Å². The Bertz CT molecular complexity index is 161. The number of amides is 3. The van der Waals surface area contributed by atoms with E-state index in [4.69, 9.17) is 5.73 Å². The molecule has 70 valence electrons. The number of nitrogens with two attached hydrogens (primary N) is 1. The van der Waals surface area contributed by atoms with Gasteiger partial charge in [-0.25, -0.2) is 4.79 Å². The molecule has 0 saturated heterocycles. The van der Waals surface area contributed by atoms with Crippen molar-refractivity contribution in [1.29, 1.82) is 0 Å². The third-order valence-corrected chi connectivity index (χ3v) is 1.68. The third-order valence-electron chi connectivity index (χ3n) is 1.68. The van der Waals surface area contributed by atoms with Crippen LogP contribution < -0.4 is 5.73 Å². The first-order chi connectivity index (χ1) is 5.45. The van der Waals surface area contributed by atoms with E-state index in [0.29, 0.717) is 13.1 Å². The molecule has 0 radical (unpaired) electrons. The lowest BCUT2D eigenvalue weighted by atomic mass is 10.5. The van der Waals surface area contributed by atoms with Crippen molar-refractivity contribution in [3.63, 3.8) is 0 Å². The SMILES string of the molecule is CC(=O)N(C)CCN(C)C(N)=O. The van der Waals surface area contributed by atoms with Gasteiger partial charge in [0, 0.05) is 34.1 Å². The number of likely N-dealkylation sites (N-methyl/N-ethyl adjacent to an activating group) is 2. The van der Waals surface area contributed by atoms with E-state index in [1.54, 1.807) is 14.1 Å². The molecule has 0 fully saturated rings. The van der Waals surface area contributed by atoms with Gasteiger partial charge in [-0.1, -0.05) is 0 Å². The zero-order valence-electron chi connectivity index (χ0n) is 7.70. The van der Waals surface area contributed by atoms with Gasteiger partial charge in [-0.2, -0.15) is 0 Å². The molecule has 0 aromatic carbocycles. The Kier molecular flexibility index (Phi) is 4.10. The molecule has 0 bridgehead atoms. The molecule has 0 heterocycles. The number of nitrogens with zero attached hydrogens (tertiary/aromatic N) is 2. The summed E-state index contributed by atoms with van der Waals surface area (Å²) in [5, 5.41) is 0. The van der Waals surface area contributed by atoms with E-state index in [1.165, 1.54) is 16.7 Å². The van der Waals surface area contributed by atoms with Crippen LogP contribution in [0.15, 0.2) is 0 Å². The van der Waals surface area contributed by atoms with Crippen molar-refractivity contribution in [3.05, 3.63) is 0 Å². The topological polar surface area (TPSA) is 66.6 Å². The summed E-state index contributed by atoms with van der Waals surface area (Å²) < 4.78 is 0. The van der Waals surface area contributed by atoms with Gasteiger partial charge in [-0.05, 0) is 0 Å². The fourth-order valence-electron chi connectivity index (χ4n) is 0.568. The Morgan fingerprint density at radius 1 is 1.17 bits per heavy atom. The molecular formula is C7H15N3O2. The lowest BCUT2D eigenvalue weighted by Crippen LogP contribution is -2.38. The normalized spacial score (nSPS) is 9.25. The molecule has 0 saturated carbocycles. The first kappa shape index (κ1) is 10.7.